The van der Waals surface area contributed by atoms with Crippen LogP contribution < -0.4 is 10.1 Å². The lowest BCUT2D eigenvalue weighted by atomic mass is 10.2. The average molecular weight is 318 g/mol. The van der Waals surface area contributed by atoms with Crippen molar-refractivity contribution in [3.8, 4) is 5.75 Å². The Bertz CT molecular complexity index is 663. The number of amides is 1. The second kappa shape index (κ2) is 7.98. The highest BCUT2D eigenvalue weighted by Gasteiger charge is 2.11. The van der Waals surface area contributed by atoms with Gasteiger partial charge in [-0.15, -0.1) is 0 Å². The summed E-state index contributed by atoms with van der Waals surface area (Å²) < 4.78 is 15.2. The van der Waals surface area contributed by atoms with Crippen LogP contribution >= 0.6 is 0 Å². The zero-order valence-electron chi connectivity index (χ0n) is 13.0. The first-order valence-electron chi connectivity index (χ1n) is 7.21. The third-order valence-electron chi connectivity index (χ3n) is 2.79. The number of carbonyl (C=O) groups excluding carboxylic acids is 2. The molecule has 0 unspecified atom stereocenters. The summed E-state index contributed by atoms with van der Waals surface area (Å²) in [5, 5.41) is 6.07. The van der Waals surface area contributed by atoms with Crippen LogP contribution in [-0.2, 0) is 9.53 Å². The summed E-state index contributed by atoms with van der Waals surface area (Å²) in [7, 11) is 0. The van der Waals surface area contributed by atoms with Crippen molar-refractivity contribution in [3.05, 3.63) is 41.7 Å². The van der Waals surface area contributed by atoms with E-state index in [4.69, 9.17) is 14.0 Å². The van der Waals surface area contributed by atoms with Crippen LogP contribution in [0.3, 0.4) is 0 Å². The summed E-state index contributed by atoms with van der Waals surface area (Å²) in [4.78, 5) is 23.5. The van der Waals surface area contributed by atoms with Crippen LogP contribution in [0.25, 0.3) is 0 Å². The standard InChI is InChI=1S/C16H18N2O5/c1-3-8-21-13-6-4-12(5-7-13)16(20)22-10-15(19)17-14-9-11(2)23-18-14/h4-7,9H,3,8,10H2,1-2H3,(H,17,18,19). The van der Waals surface area contributed by atoms with Crippen molar-refractivity contribution in [1.29, 1.82) is 0 Å². The monoisotopic (exact) mass is 318 g/mol. The van der Waals surface area contributed by atoms with Gasteiger partial charge in [0, 0.05) is 6.07 Å². The number of nitrogens with one attached hydrogen (secondary N) is 1. The number of esters is 1. The molecule has 7 nitrogen and oxygen atoms in total. The van der Waals surface area contributed by atoms with Gasteiger partial charge in [-0.25, -0.2) is 4.79 Å². The van der Waals surface area contributed by atoms with Crippen molar-refractivity contribution in [1.82, 2.24) is 5.16 Å². The summed E-state index contributed by atoms with van der Waals surface area (Å²) >= 11 is 0. The summed E-state index contributed by atoms with van der Waals surface area (Å²) in [5.41, 5.74) is 0.346. The van der Waals surface area contributed by atoms with Crippen molar-refractivity contribution < 1.29 is 23.6 Å². The molecule has 0 aliphatic heterocycles. The van der Waals surface area contributed by atoms with E-state index in [-0.39, 0.29) is 5.82 Å². The molecule has 0 radical (unpaired) electrons. The molecule has 1 amide bonds. The van der Waals surface area contributed by atoms with Crippen LogP contribution in [-0.4, -0.2) is 30.2 Å². The fraction of sp³-hybridized carbons (Fsp3) is 0.312. The lowest BCUT2D eigenvalue weighted by Crippen LogP contribution is -2.21. The summed E-state index contributed by atoms with van der Waals surface area (Å²) in [5.74, 6) is 0.458. The van der Waals surface area contributed by atoms with Gasteiger partial charge in [0.15, 0.2) is 12.4 Å². The minimum absolute atomic E-state index is 0.279. The zero-order valence-corrected chi connectivity index (χ0v) is 13.0. The highest BCUT2D eigenvalue weighted by Crippen LogP contribution is 2.13. The second-order valence-electron chi connectivity index (χ2n) is 4.82. The molecule has 7 heteroatoms. The van der Waals surface area contributed by atoms with E-state index in [1.165, 1.54) is 0 Å². The molecule has 0 aliphatic rings. The van der Waals surface area contributed by atoms with Crippen LogP contribution in [0, 0.1) is 6.92 Å². The third kappa shape index (κ3) is 5.14. The van der Waals surface area contributed by atoms with Gasteiger partial charge in [0.1, 0.15) is 11.5 Å². The third-order valence-corrected chi connectivity index (χ3v) is 2.79. The number of anilines is 1. The van der Waals surface area contributed by atoms with E-state index < -0.39 is 18.5 Å². The van der Waals surface area contributed by atoms with Crippen LogP contribution in [0.4, 0.5) is 5.82 Å². The number of hydrogen-bond donors (Lipinski definition) is 1. The topological polar surface area (TPSA) is 90.7 Å². The number of aromatic nitrogens is 1. The highest BCUT2D eigenvalue weighted by atomic mass is 16.5. The van der Waals surface area contributed by atoms with Crippen LogP contribution in [0.5, 0.6) is 5.75 Å². The first-order chi connectivity index (χ1) is 11.1. The molecule has 122 valence electrons. The lowest BCUT2D eigenvalue weighted by molar-refractivity contribution is -0.119. The minimum atomic E-state index is -0.585. The molecule has 0 bridgehead atoms. The number of benzene rings is 1. The Labute approximate surface area is 133 Å². The molecule has 23 heavy (non-hydrogen) atoms. The Hall–Kier alpha value is -2.83. The maximum atomic E-state index is 11.9. The number of ether oxygens (including phenoxy) is 2. The minimum Gasteiger partial charge on any atom is -0.494 e. The van der Waals surface area contributed by atoms with E-state index >= 15 is 0 Å². The maximum Gasteiger partial charge on any atom is 0.338 e. The largest absolute Gasteiger partial charge is 0.494 e. The molecule has 0 fully saturated rings. The fourth-order valence-corrected chi connectivity index (χ4v) is 1.73. The summed E-state index contributed by atoms with van der Waals surface area (Å²) in [6, 6.07) is 8.11. The van der Waals surface area contributed by atoms with Crippen molar-refractivity contribution in [2.24, 2.45) is 0 Å². The summed E-state index contributed by atoms with van der Waals surface area (Å²) in [6.45, 7) is 3.93. The average Bonchev–Trinajstić information content (AvgIpc) is 2.96. The van der Waals surface area contributed by atoms with E-state index in [9.17, 15) is 9.59 Å². The highest BCUT2D eigenvalue weighted by molar-refractivity contribution is 5.95. The fourth-order valence-electron chi connectivity index (χ4n) is 1.73. The molecule has 0 aliphatic carbocycles. The predicted octanol–water partition coefficient (Wildman–Crippen LogP) is 2.57. The SMILES string of the molecule is CCCOc1ccc(C(=O)OCC(=O)Nc2cc(C)on2)cc1. The van der Waals surface area contributed by atoms with Gasteiger partial charge in [0.05, 0.1) is 12.2 Å². The number of hydrogen-bond acceptors (Lipinski definition) is 6. The van der Waals surface area contributed by atoms with Gasteiger partial charge < -0.3 is 19.3 Å². The molecule has 1 heterocycles. The Morgan fingerprint density at radius 1 is 1.26 bits per heavy atom. The maximum absolute atomic E-state index is 11.9. The number of nitrogens with zero attached hydrogens (tertiary/aromatic N) is 1. The quantitative estimate of drug-likeness (QED) is 0.789. The van der Waals surface area contributed by atoms with E-state index in [0.717, 1.165) is 6.42 Å². The molecule has 1 aromatic carbocycles. The first kappa shape index (κ1) is 16.5. The van der Waals surface area contributed by atoms with Gasteiger partial charge in [-0.05, 0) is 37.6 Å². The van der Waals surface area contributed by atoms with Crippen LogP contribution in [0.2, 0.25) is 0 Å². The molecule has 1 aromatic heterocycles. The Morgan fingerprint density at radius 3 is 2.61 bits per heavy atom. The second-order valence-corrected chi connectivity index (χ2v) is 4.82. The molecule has 0 atom stereocenters. The molecule has 1 N–H and O–H groups in total. The predicted molar refractivity (Wildman–Crippen MR) is 82.4 cm³/mol. The van der Waals surface area contributed by atoms with Crippen LogP contribution in [0.1, 0.15) is 29.5 Å². The van der Waals surface area contributed by atoms with Gasteiger partial charge in [0.25, 0.3) is 5.91 Å². The molecule has 2 rings (SSSR count). The molecular weight excluding hydrogens is 300 g/mol. The number of rotatable bonds is 7. The van der Waals surface area contributed by atoms with E-state index in [1.807, 2.05) is 6.92 Å². The van der Waals surface area contributed by atoms with E-state index in [1.54, 1.807) is 37.3 Å². The Kier molecular flexibility index (Phi) is 5.74. The van der Waals surface area contributed by atoms with Crippen molar-refractivity contribution in [3.63, 3.8) is 0 Å². The molecule has 0 spiro atoms. The van der Waals surface area contributed by atoms with E-state index in [0.29, 0.717) is 23.7 Å². The molecule has 0 saturated heterocycles. The van der Waals surface area contributed by atoms with Crippen molar-refractivity contribution >= 4 is 17.7 Å². The van der Waals surface area contributed by atoms with Gasteiger partial charge >= 0.3 is 5.97 Å². The number of carbonyl (C=O) groups is 2. The smallest absolute Gasteiger partial charge is 0.338 e. The normalized spacial score (nSPS) is 10.2. The van der Waals surface area contributed by atoms with Gasteiger partial charge in [0.2, 0.25) is 0 Å². The first-order valence-corrected chi connectivity index (χ1v) is 7.21. The number of aryl methyl sites for hydroxylation is 1. The van der Waals surface area contributed by atoms with Gasteiger partial charge in [-0.2, -0.15) is 0 Å². The van der Waals surface area contributed by atoms with E-state index in [2.05, 4.69) is 10.5 Å². The zero-order chi connectivity index (χ0) is 16.7. The molecule has 2 aromatic rings. The Balaban J connectivity index is 1.80. The lowest BCUT2D eigenvalue weighted by Gasteiger charge is -2.06. The van der Waals surface area contributed by atoms with Crippen molar-refractivity contribution in [2.45, 2.75) is 20.3 Å². The molecule has 0 saturated carbocycles. The van der Waals surface area contributed by atoms with Crippen LogP contribution in [0.15, 0.2) is 34.9 Å². The van der Waals surface area contributed by atoms with Gasteiger partial charge in [-0.3, -0.25) is 4.79 Å². The van der Waals surface area contributed by atoms with Crippen molar-refractivity contribution in [2.75, 3.05) is 18.5 Å². The Morgan fingerprint density at radius 2 is 2.00 bits per heavy atom. The molecular formula is C16H18N2O5. The van der Waals surface area contributed by atoms with Gasteiger partial charge in [-0.1, -0.05) is 12.1 Å². The summed E-state index contributed by atoms with van der Waals surface area (Å²) in [6.07, 6.45) is 0.907.